The quantitative estimate of drug-likeness (QED) is 0.854. The number of sulfonamides is 1. The van der Waals surface area contributed by atoms with Gasteiger partial charge in [0.2, 0.25) is 10.0 Å². The highest BCUT2D eigenvalue weighted by Gasteiger charge is 2.19. The van der Waals surface area contributed by atoms with Crippen molar-refractivity contribution in [3.63, 3.8) is 0 Å². The Morgan fingerprint density at radius 3 is 2.39 bits per heavy atom. The lowest BCUT2D eigenvalue weighted by Crippen LogP contribution is -2.27. The largest absolute Gasteiger partial charge is 0.465 e. The van der Waals surface area contributed by atoms with E-state index in [0.717, 1.165) is 11.1 Å². The SMILES string of the molecule is COC(=O)c1cccc(S(=O)(=O)NC(C)c2ccc(C)cc2)c1. The fraction of sp³-hybridized carbons (Fsp3) is 0.235. The first-order valence-electron chi connectivity index (χ1n) is 7.11. The van der Waals surface area contributed by atoms with Crippen molar-refractivity contribution < 1.29 is 17.9 Å². The summed E-state index contributed by atoms with van der Waals surface area (Å²) in [5.74, 6) is -0.575. The van der Waals surface area contributed by atoms with Crippen molar-refractivity contribution in [1.82, 2.24) is 4.72 Å². The molecule has 0 fully saturated rings. The molecule has 0 saturated heterocycles. The Bertz CT molecular complexity index is 798. The average molecular weight is 333 g/mol. The molecule has 23 heavy (non-hydrogen) atoms. The standard InChI is InChI=1S/C17H19NO4S/c1-12-7-9-14(10-8-12)13(2)18-23(20,21)16-6-4-5-15(11-16)17(19)22-3/h4-11,13,18H,1-3H3. The summed E-state index contributed by atoms with van der Waals surface area (Å²) in [7, 11) is -2.49. The van der Waals surface area contributed by atoms with E-state index >= 15 is 0 Å². The van der Waals surface area contributed by atoms with Crippen molar-refractivity contribution in [3.8, 4) is 0 Å². The number of hydrogen-bond acceptors (Lipinski definition) is 4. The summed E-state index contributed by atoms with van der Waals surface area (Å²) in [5.41, 5.74) is 2.16. The van der Waals surface area contributed by atoms with Gasteiger partial charge in [-0.1, -0.05) is 35.9 Å². The van der Waals surface area contributed by atoms with E-state index in [2.05, 4.69) is 9.46 Å². The zero-order valence-corrected chi connectivity index (χ0v) is 14.1. The van der Waals surface area contributed by atoms with Crippen molar-refractivity contribution in [3.05, 3.63) is 65.2 Å². The highest BCUT2D eigenvalue weighted by molar-refractivity contribution is 7.89. The fourth-order valence-corrected chi connectivity index (χ4v) is 3.41. The number of esters is 1. The predicted molar refractivity (Wildman–Crippen MR) is 87.7 cm³/mol. The molecular formula is C17H19NO4S. The number of aryl methyl sites for hydroxylation is 1. The van der Waals surface area contributed by atoms with Crippen LogP contribution in [-0.2, 0) is 14.8 Å². The van der Waals surface area contributed by atoms with Crippen LogP contribution in [0.5, 0.6) is 0 Å². The highest BCUT2D eigenvalue weighted by atomic mass is 32.2. The summed E-state index contributed by atoms with van der Waals surface area (Å²) in [6.07, 6.45) is 0. The minimum atomic E-state index is -3.74. The molecule has 0 aliphatic rings. The van der Waals surface area contributed by atoms with E-state index in [1.54, 1.807) is 6.92 Å². The Morgan fingerprint density at radius 1 is 1.13 bits per heavy atom. The molecule has 0 radical (unpaired) electrons. The van der Waals surface area contributed by atoms with Gasteiger partial charge in [0.05, 0.1) is 17.6 Å². The van der Waals surface area contributed by atoms with Crippen molar-refractivity contribution in [1.29, 1.82) is 0 Å². The fourth-order valence-electron chi connectivity index (χ4n) is 2.13. The summed E-state index contributed by atoms with van der Waals surface area (Å²) in [5, 5.41) is 0. The molecule has 1 N–H and O–H groups in total. The van der Waals surface area contributed by atoms with Crippen molar-refractivity contribution in [2.45, 2.75) is 24.8 Å². The van der Waals surface area contributed by atoms with E-state index in [1.165, 1.54) is 31.4 Å². The van der Waals surface area contributed by atoms with Gasteiger partial charge in [0.1, 0.15) is 0 Å². The Labute approximate surface area is 136 Å². The van der Waals surface area contributed by atoms with E-state index < -0.39 is 16.0 Å². The lowest BCUT2D eigenvalue weighted by molar-refractivity contribution is 0.0600. The normalized spacial score (nSPS) is 12.7. The van der Waals surface area contributed by atoms with E-state index in [4.69, 9.17) is 0 Å². The molecule has 5 nitrogen and oxygen atoms in total. The number of carbonyl (C=O) groups excluding carboxylic acids is 1. The van der Waals surface area contributed by atoms with Gasteiger partial charge in [-0.05, 0) is 37.6 Å². The Balaban J connectivity index is 2.24. The van der Waals surface area contributed by atoms with Crippen LogP contribution in [0.1, 0.15) is 34.5 Å². The molecule has 0 heterocycles. The van der Waals surface area contributed by atoms with E-state index in [0.29, 0.717) is 0 Å². The van der Waals surface area contributed by atoms with Gasteiger partial charge in [-0.2, -0.15) is 0 Å². The van der Waals surface area contributed by atoms with Gasteiger partial charge in [-0.15, -0.1) is 0 Å². The Kier molecular flexibility index (Phi) is 5.18. The molecule has 2 aromatic rings. The maximum absolute atomic E-state index is 12.5. The molecule has 2 rings (SSSR count). The summed E-state index contributed by atoms with van der Waals surface area (Å²) in [6.45, 7) is 3.74. The second-order valence-electron chi connectivity index (χ2n) is 5.27. The van der Waals surface area contributed by atoms with Crippen LogP contribution in [0, 0.1) is 6.92 Å². The smallest absolute Gasteiger partial charge is 0.337 e. The Hall–Kier alpha value is -2.18. The average Bonchev–Trinajstić information content (AvgIpc) is 2.54. The topological polar surface area (TPSA) is 72.5 Å². The second-order valence-corrected chi connectivity index (χ2v) is 6.99. The number of benzene rings is 2. The lowest BCUT2D eigenvalue weighted by Gasteiger charge is -2.15. The van der Waals surface area contributed by atoms with Gasteiger partial charge < -0.3 is 4.74 Å². The Morgan fingerprint density at radius 2 is 1.78 bits per heavy atom. The molecule has 2 aromatic carbocycles. The third-order valence-corrected chi connectivity index (χ3v) is 5.01. The minimum absolute atomic E-state index is 0.0272. The van der Waals surface area contributed by atoms with Crippen molar-refractivity contribution in [2.75, 3.05) is 7.11 Å². The molecule has 0 bridgehead atoms. The first kappa shape index (κ1) is 17.2. The molecular weight excluding hydrogens is 314 g/mol. The van der Waals surface area contributed by atoms with E-state index in [-0.39, 0.29) is 16.5 Å². The van der Waals surface area contributed by atoms with Crippen LogP contribution in [0.2, 0.25) is 0 Å². The maximum atomic E-state index is 12.5. The van der Waals surface area contributed by atoms with Gasteiger partial charge in [-0.25, -0.2) is 17.9 Å². The molecule has 0 aliphatic heterocycles. The molecule has 0 spiro atoms. The molecule has 1 unspecified atom stereocenters. The summed E-state index contributed by atoms with van der Waals surface area (Å²) in [6, 6.07) is 13.0. The molecule has 0 saturated carbocycles. The molecule has 1 atom stereocenters. The van der Waals surface area contributed by atoms with Gasteiger partial charge in [0.15, 0.2) is 0 Å². The second kappa shape index (κ2) is 6.93. The summed E-state index contributed by atoms with van der Waals surface area (Å²) in [4.78, 5) is 11.6. The van der Waals surface area contributed by atoms with Crippen LogP contribution < -0.4 is 4.72 Å². The minimum Gasteiger partial charge on any atom is -0.465 e. The third-order valence-electron chi connectivity index (χ3n) is 3.47. The molecule has 0 aliphatic carbocycles. The zero-order chi connectivity index (χ0) is 17.0. The molecule has 6 heteroatoms. The van der Waals surface area contributed by atoms with Gasteiger partial charge in [0, 0.05) is 6.04 Å². The maximum Gasteiger partial charge on any atom is 0.337 e. The van der Waals surface area contributed by atoms with E-state index in [1.807, 2.05) is 31.2 Å². The van der Waals surface area contributed by atoms with Crippen LogP contribution in [0.3, 0.4) is 0 Å². The first-order chi connectivity index (χ1) is 10.8. The van der Waals surface area contributed by atoms with Crippen molar-refractivity contribution in [2.24, 2.45) is 0 Å². The summed E-state index contributed by atoms with van der Waals surface area (Å²) < 4.78 is 32.2. The number of nitrogens with one attached hydrogen (secondary N) is 1. The highest BCUT2D eigenvalue weighted by Crippen LogP contribution is 2.18. The predicted octanol–water partition coefficient (Wildman–Crippen LogP) is 2.82. The number of hydrogen-bond donors (Lipinski definition) is 1. The summed E-state index contributed by atoms with van der Waals surface area (Å²) >= 11 is 0. The molecule has 122 valence electrons. The zero-order valence-electron chi connectivity index (χ0n) is 13.2. The van der Waals surface area contributed by atoms with Crippen LogP contribution in [0.15, 0.2) is 53.4 Å². The van der Waals surface area contributed by atoms with Crippen LogP contribution in [0.25, 0.3) is 0 Å². The lowest BCUT2D eigenvalue weighted by atomic mass is 10.1. The van der Waals surface area contributed by atoms with Crippen LogP contribution in [-0.4, -0.2) is 21.5 Å². The monoisotopic (exact) mass is 333 g/mol. The van der Waals surface area contributed by atoms with Gasteiger partial charge in [-0.3, -0.25) is 0 Å². The molecule has 0 amide bonds. The van der Waals surface area contributed by atoms with Gasteiger partial charge >= 0.3 is 5.97 Å². The number of ether oxygens (including phenoxy) is 1. The van der Waals surface area contributed by atoms with Crippen molar-refractivity contribution >= 4 is 16.0 Å². The molecule has 0 aromatic heterocycles. The number of carbonyl (C=O) groups is 1. The number of rotatable bonds is 5. The number of methoxy groups -OCH3 is 1. The first-order valence-corrected chi connectivity index (χ1v) is 8.59. The van der Waals surface area contributed by atoms with Crippen LogP contribution in [0.4, 0.5) is 0 Å². The van der Waals surface area contributed by atoms with Crippen LogP contribution >= 0.6 is 0 Å². The van der Waals surface area contributed by atoms with Gasteiger partial charge in [0.25, 0.3) is 0 Å². The van der Waals surface area contributed by atoms with E-state index in [9.17, 15) is 13.2 Å². The third kappa shape index (κ3) is 4.18.